The number of hydrogen-bond donors (Lipinski definition) is 2. The highest BCUT2D eigenvalue weighted by Gasteiger charge is 2.30. The Balaban J connectivity index is 0.000000360. The quantitative estimate of drug-likeness (QED) is 0.742. The van der Waals surface area contributed by atoms with Gasteiger partial charge in [-0.1, -0.05) is 0 Å². The molecular formula is C13H24N2O3. The number of nitriles is 1. The van der Waals surface area contributed by atoms with Crippen LogP contribution in [0.5, 0.6) is 0 Å². The molecule has 2 N–H and O–H groups in total. The van der Waals surface area contributed by atoms with Gasteiger partial charge in [0, 0.05) is 18.4 Å². The molecule has 0 aromatic heterocycles. The van der Waals surface area contributed by atoms with E-state index in [2.05, 4.69) is 16.1 Å². The molecule has 0 unspecified atom stereocenters. The first-order valence-electron chi connectivity index (χ1n) is 6.19. The fraction of sp³-hybridized carbons (Fsp3) is 0.846. The van der Waals surface area contributed by atoms with Crippen LogP contribution in [0.1, 0.15) is 40.0 Å². The van der Waals surface area contributed by atoms with Crippen molar-refractivity contribution in [2.75, 3.05) is 19.7 Å². The van der Waals surface area contributed by atoms with Crippen LogP contribution >= 0.6 is 0 Å². The highest BCUT2D eigenvalue weighted by molar-refractivity contribution is 5.37. The van der Waals surface area contributed by atoms with E-state index in [1.165, 1.54) is 0 Å². The summed E-state index contributed by atoms with van der Waals surface area (Å²) < 4.78 is 4.55. The van der Waals surface area contributed by atoms with Gasteiger partial charge in [-0.05, 0) is 46.7 Å². The minimum Gasteiger partial charge on any atom is -0.462 e. The standard InChI is InChI=1S/C8H14N2O.C5H10O2/c9-4-1-8(7-11)2-5-10-6-3-8;1-5(2,3)7-4-6/h10-11H,1-3,5-7H2;4H,1-3H3. The molecule has 0 aliphatic carbocycles. The summed E-state index contributed by atoms with van der Waals surface area (Å²) in [5.41, 5.74) is -0.415. The molecular weight excluding hydrogens is 232 g/mol. The van der Waals surface area contributed by atoms with Crippen LogP contribution in [-0.4, -0.2) is 36.9 Å². The predicted molar refractivity (Wildman–Crippen MR) is 68.8 cm³/mol. The number of ether oxygens (including phenoxy) is 1. The summed E-state index contributed by atoms with van der Waals surface area (Å²) in [4.78, 5) is 9.60. The highest BCUT2D eigenvalue weighted by Crippen LogP contribution is 2.31. The average Bonchev–Trinajstić information content (AvgIpc) is 2.30. The molecule has 1 saturated heterocycles. The van der Waals surface area contributed by atoms with Gasteiger partial charge in [-0.2, -0.15) is 5.26 Å². The minimum absolute atomic E-state index is 0.0972. The van der Waals surface area contributed by atoms with Gasteiger partial charge < -0.3 is 15.2 Å². The van der Waals surface area contributed by atoms with Crippen molar-refractivity contribution in [1.29, 1.82) is 5.26 Å². The molecule has 0 saturated carbocycles. The van der Waals surface area contributed by atoms with Crippen molar-refractivity contribution < 1.29 is 14.6 Å². The summed E-state index contributed by atoms with van der Waals surface area (Å²) >= 11 is 0. The molecule has 1 aliphatic heterocycles. The molecule has 1 fully saturated rings. The molecule has 0 aromatic rings. The molecule has 5 heteroatoms. The third-order valence-corrected chi connectivity index (χ3v) is 2.86. The summed E-state index contributed by atoms with van der Waals surface area (Å²) in [5, 5.41) is 20.8. The number of carbonyl (C=O) groups is 1. The van der Waals surface area contributed by atoms with Gasteiger partial charge in [0.25, 0.3) is 6.47 Å². The Kier molecular flexibility index (Phi) is 7.56. The molecule has 0 amide bonds. The summed E-state index contributed by atoms with van der Waals surface area (Å²) in [6.45, 7) is 7.94. The zero-order valence-corrected chi connectivity index (χ0v) is 11.5. The smallest absolute Gasteiger partial charge is 0.293 e. The van der Waals surface area contributed by atoms with Crippen LogP contribution in [0.15, 0.2) is 0 Å². The van der Waals surface area contributed by atoms with E-state index < -0.39 is 0 Å². The molecule has 0 spiro atoms. The number of nitrogens with one attached hydrogen (secondary N) is 1. The van der Waals surface area contributed by atoms with E-state index in [1.807, 2.05) is 20.8 Å². The van der Waals surface area contributed by atoms with E-state index in [4.69, 9.17) is 10.4 Å². The van der Waals surface area contributed by atoms with E-state index in [0.29, 0.717) is 12.9 Å². The van der Waals surface area contributed by atoms with Crippen LogP contribution in [0.4, 0.5) is 0 Å². The number of nitrogens with zero attached hydrogens (tertiary/aromatic N) is 1. The molecule has 5 nitrogen and oxygen atoms in total. The number of aliphatic hydroxyl groups is 1. The Bertz CT molecular complexity index is 273. The zero-order valence-electron chi connectivity index (χ0n) is 11.5. The number of piperidine rings is 1. The third-order valence-electron chi connectivity index (χ3n) is 2.86. The van der Waals surface area contributed by atoms with E-state index in [0.717, 1.165) is 25.9 Å². The number of rotatable bonds is 3. The van der Waals surface area contributed by atoms with Gasteiger partial charge in [-0.15, -0.1) is 0 Å². The van der Waals surface area contributed by atoms with Crippen LogP contribution in [0.2, 0.25) is 0 Å². The lowest BCUT2D eigenvalue weighted by Crippen LogP contribution is -2.38. The summed E-state index contributed by atoms with van der Waals surface area (Å²) in [6, 6.07) is 2.14. The minimum atomic E-state index is -0.318. The second-order valence-electron chi connectivity index (χ2n) is 5.57. The number of aliphatic hydroxyl groups excluding tert-OH is 1. The average molecular weight is 256 g/mol. The molecule has 1 heterocycles. The Morgan fingerprint density at radius 2 is 2.00 bits per heavy atom. The maximum Gasteiger partial charge on any atom is 0.293 e. The van der Waals surface area contributed by atoms with Crippen molar-refractivity contribution in [1.82, 2.24) is 5.32 Å². The van der Waals surface area contributed by atoms with E-state index in [9.17, 15) is 4.79 Å². The molecule has 0 aromatic carbocycles. The number of hydrogen-bond acceptors (Lipinski definition) is 5. The normalized spacial score (nSPS) is 17.9. The molecule has 0 radical (unpaired) electrons. The van der Waals surface area contributed by atoms with Gasteiger partial charge in [0.2, 0.25) is 0 Å². The van der Waals surface area contributed by atoms with Crippen molar-refractivity contribution in [3.8, 4) is 6.07 Å². The van der Waals surface area contributed by atoms with E-state index in [1.54, 1.807) is 0 Å². The van der Waals surface area contributed by atoms with Crippen LogP contribution in [0.3, 0.4) is 0 Å². The first kappa shape index (κ1) is 16.9. The van der Waals surface area contributed by atoms with Gasteiger partial charge in [0.15, 0.2) is 0 Å². The van der Waals surface area contributed by atoms with Gasteiger partial charge in [0.1, 0.15) is 5.60 Å². The van der Waals surface area contributed by atoms with Crippen molar-refractivity contribution in [2.24, 2.45) is 5.41 Å². The lowest BCUT2D eigenvalue weighted by molar-refractivity contribution is -0.138. The van der Waals surface area contributed by atoms with Crippen LogP contribution in [-0.2, 0) is 9.53 Å². The van der Waals surface area contributed by atoms with Crippen LogP contribution in [0, 0.1) is 16.7 Å². The maximum atomic E-state index is 9.60. The van der Waals surface area contributed by atoms with Crippen LogP contribution < -0.4 is 5.32 Å². The monoisotopic (exact) mass is 256 g/mol. The van der Waals surface area contributed by atoms with Crippen molar-refractivity contribution >= 4 is 6.47 Å². The topological polar surface area (TPSA) is 82.4 Å². The van der Waals surface area contributed by atoms with Crippen molar-refractivity contribution in [3.05, 3.63) is 0 Å². The zero-order chi connectivity index (χ0) is 14.1. The summed E-state index contributed by atoms with van der Waals surface area (Å²) in [7, 11) is 0. The van der Waals surface area contributed by atoms with E-state index in [-0.39, 0.29) is 17.6 Å². The molecule has 1 rings (SSSR count). The maximum absolute atomic E-state index is 9.60. The first-order chi connectivity index (χ1) is 8.39. The number of carbonyl (C=O) groups excluding carboxylic acids is 1. The van der Waals surface area contributed by atoms with Gasteiger partial charge in [-0.3, -0.25) is 4.79 Å². The second kappa shape index (κ2) is 8.06. The Morgan fingerprint density at radius 1 is 1.44 bits per heavy atom. The Morgan fingerprint density at radius 3 is 2.28 bits per heavy atom. The third kappa shape index (κ3) is 7.25. The fourth-order valence-electron chi connectivity index (χ4n) is 1.66. The second-order valence-corrected chi connectivity index (χ2v) is 5.57. The Hall–Kier alpha value is -1.12. The first-order valence-corrected chi connectivity index (χ1v) is 6.19. The molecule has 1 aliphatic rings. The van der Waals surface area contributed by atoms with Gasteiger partial charge >= 0.3 is 0 Å². The lowest BCUT2D eigenvalue weighted by atomic mass is 9.77. The molecule has 0 bridgehead atoms. The van der Waals surface area contributed by atoms with Crippen molar-refractivity contribution in [2.45, 2.75) is 45.6 Å². The SMILES string of the molecule is CC(C)(C)OC=O.N#CCC1(CO)CCNCC1. The van der Waals surface area contributed by atoms with Gasteiger partial charge in [-0.25, -0.2) is 0 Å². The highest BCUT2D eigenvalue weighted by atomic mass is 16.5. The predicted octanol–water partition coefficient (Wildman–Crippen LogP) is 1.22. The largest absolute Gasteiger partial charge is 0.462 e. The molecule has 0 atom stereocenters. The van der Waals surface area contributed by atoms with Crippen molar-refractivity contribution in [3.63, 3.8) is 0 Å². The fourth-order valence-corrected chi connectivity index (χ4v) is 1.66. The van der Waals surface area contributed by atoms with E-state index >= 15 is 0 Å². The van der Waals surface area contributed by atoms with Gasteiger partial charge in [0.05, 0.1) is 6.07 Å². The van der Waals surface area contributed by atoms with Crippen LogP contribution in [0.25, 0.3) is 0 Å². The molecule has 104 valence electrons. The summed E-state index contributed by atoms with van der Waals surface area (Å²) in [6.07, 6.45) is 2.35. The lowest BCUT2D eigenvalue weighted by Gasteiger charge is -2.33. The molecule has 18 heavy (non-hydrogen) atoms. The Labute approximate surface area is 109 Å². The summed E-state index contributed by atoms with van der Waals surface area (Å²) in [5.74, 6) is 0.